The van der Waals surface area contributed by atoms with Crippen molar-refractivity contribution < 1.29 is 9.47 Å². The van der Waals surface area contributed by atoms with Crippen LogP contribution in [0.1, 0.15) is 48.7 Å². The zero-order valence-corrected chi connectivity index (χ0v) is 23.7. The van der Waals surface area contributed by atoms with Gasteiger partial charge in [-0.2, -0.15) is 15.0 Å². The summed E-state index contributed by atoms with van der Waals surface area (Å²) >= 11 is 6.99. The van der Waals surface area contributed by atoms with Gasteiger partial charge in [0.25, 0.3) is 5.56 Å². The number of aromatic nitrogens is 2. The van der Waals surface area contributed by atoms with Gasteiger partial charge < -0.3 is 9.47 Å². The fourth-order valence-corrected chi connectivity index (χ4v) is 4.70. The number of nitrogens with zero attached hydrogens (tertiary/aromatic N) is 4. The molecule has 0 bridgehead atoms. The van der Waals surface area contributed by atoms with E-state index in [1.165, 1.54) is 4.68 Å². The summed E-state index contributed by atoms with van der Waals surface area (Å²) < 4.78 is 14.4. The van der Waals surface area contributed by atoms with E-state index in [4.69, 9.17) is 14.5 Å². The summed E-state index contributed by atoms with van der Waals surface area (Å²) in [4.78, 5) is 18.1. The lowest BCUT2D eigenvalue weighted by atomic mass is 10.1. The molecule has 188 valence electrons. The van der Waals surface area contributed by atoms with Gasteiger partial charge in [-0.25, -0.2) is 4.98 Å². The van der Waals surface area contributed by atoms with Gasteiger partial charge in [-0.05, 0) is 64.3 Å². The van der Waals surface area contributed by atoms with Crippen LogP contribution >= 0.6 is 31.9 Å². The maximum atomic E-state index is 13.4. The Kier molecular flexibility index (Phi) is 8.41. The van der Waals surface area contributed by atoms with Crippen LogP contribution in [-0.4, -0.2) is 23.0 Å². The van der Waals surface area contributed by atoms with Crippen LogP contribution in [0.3, 0.4) is 0 Å². The standard InChI is InChI=1S/C28H24Br2N4O3/c1-4-17(2)27-33-24-10-9-21(29)13-22(24)28(35)34(27)32-15-18-11-23(30)26(25(12-18)36-3)37-16-20-8-6-5-7-19(20)14-31/h5-13,15,17H,4,16H2,1-3H3/t17-/m0/s1. The largest absolute Gasteiger partial charge is 0.493 e. The van der Waals surface area contributed by atoms with Gasteiger partial charge in [-0.3, -0.25) is 4.79 Å². The number of halogens is 2. The Hall–Kier alpha value is -3.48. The van der Waals surface area contributed by atoms with Gasteiger partial charge in [0.15, 0.2) is 11.5 Å². The molecule has 0 N–H and O–H groups in total. The van der Waals surface area contributed by atoms with Gasteiger partial charge in [-0.1, -0.05) is 48.0 Å². The molecule has 0 amide bonds. The summed E-state index contributed by atoms with van der Waals surface area (Å²) in [6.45, 7) is 4.28. The first-order chi connectivity index (χ1) is 17.9. The summed E-state index contributed by atoms with van der Waals surface area (Å²) in [5.41, 5.74) is 2.43. The van der Waals surface area contributed by atoms with E-state index in [1.807, 2.05) is 50.2 Å². The van der Waals surface area contributed by atoms with E-state index in [1.54, 1.807) is 31.5 Å². The van der Waals surface area contributed by atoms with Crippen LogP contribution < -0.4 is 15.0 Å². The predicted molar refractivity (Wildman–Crippen MR) is 152 cm³/mol. The van der Waals surface area contributed by atoms with Crippen molar-refractivity contribution in [2.24, 2.45) is 5.10 Å². The molecule has 0 unspecified atom stereocenters. The number of rotatable bonds is 8. The molecule has 0 aliphatic carbocycles. The molecular formula is C28H24Br2N4O3. The molecule has 0 saturated heterocycles. The van der Waals surface area contributed by atoms with Crippen molar-refractivity contribution in [2.75, 3.05) is 7.11 Å². The monoisotopic (exact) mass is 622 g/mol. The SMILES string of the molecule is CC[C@H](C)c1nc2ccc(Br)cc2c(=O)n1N=Cc1cc(Br)c(OCc2ccccc2C#N)c(OC)c1. The predicted octanol–water partition coefficient (Wildman–Crippen LogP) is 6.78. The zero-order chi connectivity index (χ0) is 26.5. The van der Waals surface area contributed by atoms with Crippen molar-refractivity contribution in [3.05, 3.63) is 96.4 Å². The van der Waals surface area contributed by atoms with Crippen molar-refractivity contribution in [1.82, 2.24) is 9.66 Å². The van der Waals surface area contributed by atoms with Crippen LogP contribution in [0.5, 0.6) is 11.5 Å². The molecule has 0 fully saturated rings. The molecule has 0 aliphatic heterocycles. The molecule has 9 heteroatoms. The van der Waals surface area contributed by atoms with Crippen LogP contribution in [0.15, 0.2) is 73.4 Å². The molecule has 1 atom stereocenters. The van der Waals surface area contributed by atoms with E-state index >= 15 is 0 Å². The summed E-state index contributed by atoms with van der Waals surface area (Å²) in [5, 5.41) is 14.4. The fraction of sp³-hybridized carbons (Fsp3) is 0.214. The Morgan fingerprint density at radius 3 is 2.70 bits per heavy atom. The smallest absolute Gasteiger partial charge is 0.282 e. The van der Waals surface area contributed by atoms with Crippen molar-refractivity contribution in [1.29, 1.82) is 5.26 Å². The number of ether oxygens (including phenoxy) is 2. The maximum absolute atomic E-state index is 13.4. The first-order valence-corrected chi connectivity index (χ1v) is 13.2. The second-order valence-electron chi connectivity index (χ2n) is 8.39. The van der Waals surface area contributed by atoms with E-state index in [-0.39, 0.29) is 18.1 Å². The molecule has 0 saturated carbocycles. The van der Waals surface area contributed by atoms with Gasteiger partial charge in [-0.15, -0.1) is 0 Å². The topological polar surface area (TPSA) is 89.5 Å². The Morgan fingerprint density at radius 1 is 1.19 bits per heavy atom. The van der Waals surface area contributed by atoms with Gasteiger partial charge in [0.2, 0.25) is 0 Å². The highest BCUT2D eigenvalue weighted by Crippen LogP contribution is 2.37. The minimum absolute atomic E-state index is 0.0335. The van der Waals surface area contributed by atoms with Crippen LogP contribution in [0, 0.1) is 11.3 Å². The van der Waals surface area contributed by atoms with Crippen LogP contribution in [0.2, 0.25) is 0 Å². The molecule has 0 aliphatic rings. The van der Waals surface area contributed by atoms with Crippen molar-refractivity contribution >= 4 is 49.0 Å². The third-order valence-electron chi connectivity index (χ3n) is 5.97. The number of methoxy groups -OCH3 is 1. The summed E-state index contributed by atoms with van der Waals surface area (Å²) in [5.74, 6) is 1.62. The lowest BCUT2D eigenvalue weighted by Crippen LogP contribution is -2.23. The van der Waals surface area contributed by atoms with Crippen LogP contribution in [0.4, 0.5) is 0 Å². The zero-order valence-electron chi connectivity index (χ0n) is 20.5. The van der Waals surface area contributed by atoms with Gasteiger partial charge in [0, 0.05) is 16.0 Å². The molecule has 7 nitrogen and oxygen atoms in total. The van der Waals surface area contributed by atoms with Crippen molar-refractivity contribution in [3.63, 3.8) is 0 Å². The third-order valence-corrected chi connectivity index (χ3v) is 7.05. The van der Waals surface area contributed by atoms with E-state index in [2.05, 4.69) is 43.0 Å². The Balaban J connectivity index is 1.70. The number of fused-ring (bicyclic) bond motifs is 1. The number of benzene rings is 3. The highest BCUT2D eigenvalue weighted by atomic mass is 79.9. The average Bonchev–Trinajstić information content (AvgIpc) is 2.91. The molecule has 3 aromatic carbocycles. The molecular weight excluding hydrogens is 600 g/mol. The Morgan fingerprint density at radius 2 is 1.97 bits per heavy atom. The van der Waals surface area contributed by atoms with E-state index in [0.29, 0.717) is 43.8 Å². The first kappa shape index (κ1) is 26.6. The second kappa shape index (κ2) is 11.7. The Labute approximate surface area is 231 Å². The molecule has 0 spiro atoms. The van der Waals surface area contributed by atoms with Gasteiger partial charge >= 0.3 is 0 Å². The van der Waals surface area contributed by atoms with E-state index in [0.717, 1.165) is 16.5 Å². The van der Waals surface area contributed by atoms with Crippen LogP contribution in [0.25, 0.3) is 10.9 Å². The highest BCUT2D eigenvalue weighted by Gasteiger charge is 2.16. The van der Waals surface area contributed by atoms with Gasteiger partial charge in [0.05, 0.1) is 40.3 Å². The van der Waals surface area contributed by atoms with Gasteiger partial charge in [0.1, 0.15) is 12.4 Å². The quantitative estimate of drug-likeness (QED) is 0.202. The normalized spacial score (nSPS) is 12.0. The lowest BCUT2D eigenvalue weighted by molar-refractivity contribution is 0.282. The molecule has 1 heterocycles. The third kappa shape index (κ3) is 5.76. The fourth-order valence-electron chi connectivity index (χ4n) is 3.76. The summed E-state index contributed by atoms with van der Waals surface area (Å²) in [6.07, 6.45) is 2.41. The molecule has 4 rings (SSSR count). The Bertz CT molecular complexity index is 1590. The highest BCUT2D eigenvalue weighted by molar-refractivity contribution is 9.10. The minimum atomic E-state index is -0.236. The number of hydrogen-bond acceptors (Lipinski definition) is 6. The summed E-state index contributed by atoms with van der Waals surface area (Å²) in [7, 11) is 1.55. The van der Waals surface area contributed by atoms with E-state index < -0.39 is 0 Å². The minimum Gasteiger partial charge on any atom is -0.493 e. The summed E-state index contributed by atoms with van der Waals surface area (Å²) in [6, 6.07) is 18.5. The van der Waals surface area contributed by atoms with E-state index in [9.17, 15) is 10.1 Å². The number of nitriles is 1. The second-order valence-corrected chi connectivity index (χ2v) is 10.2. The lowest BCUT2D eigenvalue weighted by Gasteiger charge is -2.15. The molecule has 4 aromatic rings. The molecule has 1 aromatic heterocycles. The first-order valence-electron chi connectivity index (χ1n) is 11.6. The number of hydrogen-bond donors (Lipinski definition) is 0. The van der Waals surface area contributed by atoms with Crippen LogP contribution in [-0.2, 0) is 6.61 Å². The van der Waals surface area contributed by atoms with Crippen molar-refractivity contribution in [3.8, 4) is 17.6 Å². The molecule has 37 heavy (non-hydrogen) atoms. The van der Waals surface area contributed by atoms with Crippen molar-refractivity contribution in [2.45, 2.75) is 32.8 Å². The average molecular weight is 624 g/mol. The molecule has 0 radical (unpaired) electrons. The maximum Gasteiger partial charge on any atom is 0.282 e.